The number of rotatable bonds is 5. The Morgan fingerprint density at radius 1 is 0.903 bits per heavy atom. The maximum absolute atomic E-state index is 13.5. The van der Waals surface area contributed by atoms with Crippen LogP contribution in [0.1, 0.15) is 53.2 Å². The summed E-state index contributed by atoms with van der Waals surface area (Å²) in [5.41, 5.74) is 2.50. The third kappa shape index (κ3) is 5.34. The van der Waals surface area contributed by atoms with Crippen LogP contribution in [0.2, 0.25) is 0 Å². The lowest BCUT2D eigenvalue weighted by atomic mass is 9.79. The molecule has 0 bridgehead atoms. The number of nitrogens with zero attached hydrogens (tertiary/aromatic N) is 1. The van der Waals surface area contributed by atoms with Crippen molar-refractivity contribution in [1.29, 1.82) is 0 Å². The van der Waals surface area contributed by atoms with Crippen molar-refractivity contribution < 1.29 is 9.59 Å². The van der Waals surface area contributed by atoms with Gasteiger partial charge in [0.2, 0.25) is 5.91 Å². The first-order valence-corrected chi connectivity index (χ1v) is 11.5. The minimum Gasteiger partial charge on any atom is -0.341 e. The van der Waals surface area contributed by atoms with E-state index in [1.807, 2.05) is 66.4 Å². The van der Waals surface area contributed by atoms with Gasteiger partial charge in [-0.05, 0) is 75.2 Å². The Labute approximate surface area is 185 Å². The van der Waals surface area contributed by atoms with Crippen molar-refractivity contribution in [2.75, 3.05) is 26.2 Å². The van der Waals surface area contributed by atoms with E-state index < -0.39 is 6.04 Å². The van der Waals surface area contributed by atoms with E-state index in [0.717, 1.165) is 56.1 Å². The number of carbonyl (C=O) groups excluding carboxylic acids is 2. The van der Waals surface area contributed by atoms with Crippen LogP contribution in [0.25, 0.3) is 0 Å². The molecule has 0 spiro atoms. The topological polar surface area (TPSA) is 61.4 Å². The summed E-state index contributed by atoms with van der Waals surface area (Å²) < 4.78 is 0. The average molecular weight is 420 g/mol. The van der Waals surface area contributed by atoms with Crippen molar-refractivity contribution >= 4 is 11.8 Å². The maximum Gasteiger partial charge on any atom is 0.252 e. The van der Waals surface area contributed by atoms with Crippen molar-refractivity contribution in [1.82, 2.24) is 15.5 Å². The molecule has 0 aromatic heterocycles. The Morgan fingerprint density at radius 2 is 1.52 bits per heavy atom. The SMILES string of the molecule is Cc1ccc(C(=O)NC(C(=O)N2CCC(C3CCNCC3)CC2)c2ccccc2)cc1. The predicted octanol–water partition coefficient (Wildman–Crippen LogP) is 3.70. The fraction of sp³-hybridized carbons (Fsp3) is 0.462. The van der Waals surface area contributed by atoms with Gasteiger partial charge in [0.1, 0.15) is 6.04 Å². The zero-order chi connectivity index (χ0) is 21.6. The van der Waals surface area contributed by atoms with Gasteiger partial charge in [0, 0.05) is 18.7 Å². The quantitative estimate of drug-likeness (QED) is 0.777. The van der Waals surface area contributed by atoms with E-state index in [9.17, 15) is 9.59 Å². The molecular formula is C26H33N3O2. The molecule has 2 aromatic carbocycles. The Kier molecular flexibility index (Phi) is 7.03. The third-order valence-corrected chi connectivity index (χ3v) is 6.87. The Balaban J connectivity index is 1.44. The van der Waals surface area contributed by atoms with Crippen LogP contribution in [0.3, 0.4) is 0 Å². The van der Waals surface area contributed by atoms with E-state index in [1.165, 1.54) is 12.8 Å². The average Bonchev–Trinajstić information content (AvgIpc) is 2.83. The second-order valence-electron chi connectivity index (χ2n) is 8.93. The van der Waals surface area contributed by atoms with Gasteiger partial charge in [-0.15, -0.1) is 0 Å². The molecule has 4 rings (SSSR count). The molecule has 2 aliphatic rings. The van der Waals surface area contributed by atoms with Crippen LogP contribution in [0.15, 0.2) is 54.6 Å². The molecule has 164 valence electrons. The van der Waals surface area contributed by atoms with Gasteiger partial charge >= 0.3 is 0 Å². The lowest BCUT2D eigenvalue weighted by Gasteiger charge is -2.39. The number of piperidine rings is 2. The molecule has 5 heteroatoms. The first kappa shape index (κ1) is 21.6. The lowest BCUT2D eigenvalue weighted by Crippen LogP contribution is -2.47. The van der Waals surface area contributed by atoms with E-state index in [-0.39, 0.29) is 11.8 Å². The van der Waals surface area contributed by atoms with Crippen LogP contribution in [-0.4, -0.2) is 42.9 Å². The number of nitrogens with one attached hydrogen (secondary N) is 2. The van der Waals surface area contributed by atoms with Crippen molar-refractivity contribution in [3.05, 3.63) is 71.3 Å². The highest BCUT2D eigenvalue weighted by Crippen LogP contribution is 2.31. The molecule has 1 unspecified atom stereocenters. The van der Waals surface area contributed by atoms with Gasteiger partial charge < -0.3 is 15.5 Å². The standard InChI is InChI=1S/C26H33N3O2/c1-19-7-9-23(10-8-19)25(30)28-24(22-5-3-2-4-6-22)26(31)29-17-13-21(14-18-29)20-11-15-27-16-12-20/h2-10,20-21,24,27H,11-18H2,1H3,(H,28,30). The molecule has 2 heterocycles. The van der Waals surface area contributed by atoms with Crippen LogP contribution >= 0.6 is 0 Å². The molecule has 2 amide bonds. The molecule has 0 saturated carbocycles. The van der Waals surface area contributed by atoms with Gasteiger partial charge in [0.05, 0.1) is 0 Å². The minimum absolute atomic E-state index is 0.00424. The van der Waals surface area contributed by atoms with Crippen molar-refractivity contribution in [3.63, 3.8) is 0 Å². The van der Waals surface area contributed by atoms with Gasteiger partial charge in [-0.2, -0.15) is 0 Å². The molecule has 2 aromatic rings. The van der Waals surface area contributed by atoms with Crippen molar-refractivity contribution in [2.45, 2.75) is 38.6 Å². The summed E-state index contributed by atoms with van der Waals surface area (Å²) in [6.45, 7) is 5.77. The Hall–Kier alpha value is -2.66. The normalized spacial score (nSPS) is 19.1. The van der Waals surface area contributed by atoms with Gasteiger partial charge in [-0.3, -0.25) is 9.59 Å². The van der Waals surface area contributed by atoms with Crippen molar-refractivity contribution in [3.8, 4) is 0 Å². The highest BCUT2D eigenvalue weighted by Gasteiger charge is 2.33. The number of hydrogen-bond acceptors (Lipinski definition) is 3. The molecule has 2 saturated heterocycles. The molecule has 2 N–H and O–H groups in total. The molecule has 1 atom stereocenters. The molecule has 31 heavy (non-hydrogen) atoms. The number of carbonyl (C=O) groups is 2. The highest BCUT2D eigenvalue weighted by atomic mass is 16.2. The summed E-state index contributed by atoms with van der Waals surface area (Å²) in [6.07, 6.45) is 4.61. The minimum atomic E-state index is -0.662. The molecule has 2 aliphatic heterocycles. The van der Waals surface area contributed by atoms with Crippen LogP contribution in [0.5, 0.6) is 0 Å². The summed E-state index contributed by atoms with van der Waals surface area (Å²) in [7, 11) is 0. The first-order chi connectivity index (χ1) is 15.1. The number of hydrogen-bond donors (Lipinski definition) is 2. The van der Waals surface area contributed by atoms with E-state index in [2.05, 4.69) is 10.6 Å². The first-order valence-electron chi connectivity index (χ1n) is 11.5. The van der Waals surface area contributed by atoms with Crippen LogP contribution in [0, 0.1) is 18.8 Å². The molecule has 5 nitrogen and oxygen atoms in total. The molecule has 0 aliphatic carbocycles. The predicted molar refractivity (Wildman–Crippen MR) is 123 cm³/mol. The second-order valence-corrected chi connectivity index (χ2v) is 8.93. The van der Waals surface area contributed by atoms with E-state index >= 15 is 0 Å². The zero-order valence-corrected chi connectivity index (χ0v) is 18.3. The number of benzene rings is 2. The monoisotopic (exact) mass is 419 g/mol. The molecule has 2 fully saturated rings. The van der Waals surface area contributed by atoms with Gasteiger partial charge in [0.15, 0.2) is 0 Å². The van der Waals surface area contributed by atoms with Gasteiger partial charge in [0.25, 0.3) is 5.91 Å². The molecule has 0 radical (unpaired) electrons. The highest BCUT2D eigenvalue weighted by molar-refractivity contribution is 5.97. The van der Waals surface area contributed by atoms with Crippen molar-refractivity contribution in [2.24, 2.45) is 11.8 Å². The van der Waals surface area contributed by atoms with E-state index in [4.69, 9.17) is 0 Å². The third-order valence-electron chi connectivity index (χ3n) is 6.87. The summed E-state index contributed by atoms with van der Waals surface area (Å²) in [5.74, 6) is 1.27. The van der Waals surface area contributed by atoms with Gasteiger partial charge in [-0.1, -0.05) is 48.0 Å². The fourth-order valence-corrected chi connectivity index (χ4v) is 4.94. The number of aryl methyl sites for hydroxylation is 1. The fourth-order valence-electron chi connectivity index (χ4n) is 4.94. The molecular weight excluding hydrogens is 386 g/mol. The summed E-state index contributed by atoms with van der Waals surface area (Å²) in [6, 6.07) is 16.4. The van der Waals surface area contributed by atoms with E-state index in [1.54, 1.807) is 0 Å². The summed E-state index contributed by atoms with van der Waals surface area (Å²) in [4.78, 5) is 28.4. The Morgan fingerprint density at radius 3 is 2.16 bits per heavy atom. The number of amides is 2. The zero-order valence-electron chi connectivity index (χ0n) is 18.3. The van der Waals surface area contributed by atoms with E-state index in [0.29, 0.717) is 11.5 Å². The largest absolute Gasteiger partial charge is 0.341 e. The smallest absolute Gasteiger partial charge is 0.252 e. The van der Waals surface area contributed by atoms with Gasteiger partial charge in [-0.25, -0.2) is 0 Å². The Bertz CT molecular complexity index is 867. The summed E-state index contributed by atoms with van der Waals surface area (Å²) >= 11 is 0. The number of likely N-dealkylation sites (tertiary alicyclic amines) is 1. The van der Waals surface area contributed by atoms with Crippen LogP contribution in [-0.2, 0) is 4.79 Å². The summed E-state index contributed by atoms with van der Waals surface area (Å²) in [5, 5.41) is 6.45. The van der Waals surface area contributed by atoms with Crippen LogP contribution < -0.4 is 10.6 Å². The maximum atomic E-state index is 13.5. The lowest BCUT2D eigenvalue weighted by molar-refractivity contribution is -0.135. The van der Waals surface area contributed by atoms with Crippen LogP contribution in [0.4, 0.5) is 0 Å². The second kappa shape index (κ2) is 10.1.